The molecule has 2 aromatic carbocycles. The zero-order valence-corrected chi connectivity index (χ0v) is 11.9. The molecule has 2 rings (SSSR count). The second-order valence-electron chi connectivity index (χ2n) is 4.57. The Bertz CT molecular complexity index is 735. The van der Waals surface area contributed by atoms with Crippen LogP contribution in [0.2, 0.25) is 5.02 Å². The molecule has 0 fully saturated rings. The minimum atomic E-state index is -1.14. The first-order chi connectivity index (χ1) is 9.88. The van der Waals surface area contributed by atoms with Crippen LogP contribution in [0.25, 0.3) is 11.6 Å². The predicted molar refractivity (Wildman–Crippen MR) is 81.5 cm³/mol. The maximum atomic E-state index is 11.4. The maximum Gasteiger partial charge on any atom is 0.336 e. The molecule has 0 heterocycles. The lowest BCUT2D eigenvalue weighted by Gasteiger charge is -2.07. The number of benzene rings is 2. The Morgan fingerprint density at radius 3 is 2.43 bits per heavy atom. The Labute approximate surface area is 126 Å². The van der Waals surface area contributed by atoms with E-state index in [0.717, 1.165) is 11.6 Å². The van der Waals surface area contributed by atoms with Crippen molar-refractivity contribution in [2.75, 3.05) is 0 Å². The molecule has 21 heavy (non-hydrogen) atoms. The van der Waals surface area contributed by atoms with Crippen molar-refractivity contribution in [3.8, 4) is 11.5 Å². The normalized spacial score (nSPS) is 11.4. The number of rotatable bonds is 3. The summed E-state index contributed by atoms with van der Waals surface area (Å²) in [6.45, 7) is 1.82. The van der Waals surface area contributed by atoms with Gasteiger partial charge in [0.15, 0.2) is 0 Å². The third kappa shape index (κ3) is 3.35. The highest BCUT2D eigenvalue weighted by Gasteiger charge is 2.13. The maximum absolute atomic E-state index is 11.4. The van der Waals surface area contributed by atoms with Crippen LogP contribution in [0.3, 0.4) is 0 Å². The summed E-state index contributed by atoms with van der Waals surface area (Å²) in [5.41, 5.74) is 1.57. The van der Waals surface area contributed by atoms with Crippen molar-refractivity contribution in [1.29, 1.82) is 0 Å². The number of halogens is 1. The van der Waals surface area contributed by atoms with Gasteiger partial charge in [0.25, 0.3) is 0 Å². The van der Waals surface area contributed by atoms with Crippen LogP contribution in [0.5, 0.6) is 11.5 Å². The molecule has 0 amide bonds. The van der Waals surface area contributed by atoms with Gasteiger partial charge in [-0.05, 0) is 42.3 Å². The van der Waals surface area contributed by atoms with E-state index in [0.29, 0.717) is 16.1 Å². The summed E-state index contributed by atoms with van der Waals surface area (Å²) in [4.78, 5) is 11.4. The molecule has 0 aliphatic rings. The van der Waals surface area contributed by atoms with Crippen LogP contribution >= 0.6 is 11.6 Å². The van der Waals surface area contributed by atoms with Gasteiger partial charge in [0.05, 0.1) is 5.57 Å². The summed E-state index contributed by atoms with van der Waals surface area (Å²) in [5.74, 6) is -1.44. The highest BCUT2D eigenvalue weighted by Crippen LogP contribution is 2.29. The first-order valence-corrected chi connectivity index (χ1v) is 6.50. The summed E-state index contributed by atoms with van der Waals surface area (Å²) in [6, 6.07) is 8.89. The predicted octanol–water partition coefficient (Wildman–Crippen LogP) is 3.68. The summed E-state index contributed by atoms with van der Waals surface area (Å²) >= 11 is 6.02. The van der Waals surface area contributed by atoms with E-state index < -0.39 is 5.97 Å². The lowest BCUT2D eigenvalue weighted by atomic mass is 10.0. The average Bonchev–Trinajstić information content (AvgIpc) is 2.41. The van der Waals surface area contributed by atoms with Gasteiger partial charge in [-0.1, -0.05) is 23.7 Å². The van der Waals surface area contributed by atoms with Crippen molar-refractivity contribution >= 4 is 29.2 Å². The van der Waals surface area contributed by atoms with Gasteiger partial charge in [-0.3, -0.25) is 0 Å². The number of hydrogen-bond donors (Lipinski definition) is 3. The number of aryl methyl sites for hydroxylation is 1. The number of phenolic OH excluding ortho intramolecular Hbond substituents is 2. The highest BCUT2D eigenvalue weighted by atomic mass is 35.5. The highest BCUT2D eigenvalue weighted by molar-refractivity contribution is 6.32. The Balaban J connectivity index is 2.55. The molecule has 3 N–H and O–H groups in total. The Morgan fingerprint density at radius 1 is 1.14 bits per heavy atom. The van der Waals surface area contributed by atoms with Crippen molar-refractivity contribution in [3.05, 3.63) is 58.1 Å². The van der Waals surface area contributed by atoms with E-state index in [9.17, 15) is 20.1 Å². The van der Waals surface area contributed by atoms with Gasteiger partial charge in [0.2, 0.25) is 0 Å². The summed E-state index contributed by atoms with van der Waals surface area (Å²) < 4.78 is 0. The smallest absolute Gasteiger partial charge is 0.336 e. The first-order valence-electron chi connectivity index (χ1n) is 6.12. The zero-order valence-electron chi connectivity index (χ0n) is 11.2. The lowest BCUT2D eigenvalue weighted by Crippen LogP contribution is -2.00. The van der Waals surface area contributed by atoms with Crippen molar-refractivity contribution in [1.82, 2.24) is 0 Å². The number of aromatic hydroxyl groups is 2. The molecule has 0 aliphatic heterocycles. The van der Waals surface area contributed by atoms with E-state index in [2.05, 4.69) is 0 Å². The molecule has 0 saturated carbocycles. The minimum absolute atomic E-state index is 0.00195. The summed E-state index contributed by atoms with van der Waals surface area (Å²) in [5, 5.41) is 28.8. The monoisotopic (exact) mass is 304 g/mol. The van der Waals surface area contributed by atoms with Crippen molar-refractivity contribution in [3.63, 3.8) is 0 Å². The van der Waals surface area contributed by atoms with Gasteiger partial charge < -0.3 is 15.3 Å². The molecule has 108 valence electrons. The molecule has 2 aromatic rings. The molecule has 0 spiro atoms. The molecular weight excluding hydrogens is 292 g/mol. The third-order valence-electron chi connectivity index (χ3n) is 3.03. The van der Waals surface area contributed by atoms with E-state index in [1.807, 2.05) is 6.92 Å². The average molecular weight is 305 g/mol. The molecular formula is C16H13ClO4. The SMILES string of the molecule is Cc1ccc(/C(=C/c2ccc(O)cc2O)C(=O)O)cc1Cl. The van der Waals surface area contributed by atoms with Crippen LogP contribution in [0, 0.1) is 6.92 Å². The summed E-state index contributed by atoms with van der Waals surface area (Å²) in [7, 11) is 0. The molecule has 0 atom stereocenters. The van der Waals surface area contributed by atoms with E-state index in [-0.39, 0.29) is 17.1 Å². The number of carboxylic acid groups (broad SMARTS) is 1. The topological polar surface area (TPSA) is 77.8 Å². The standard InChI is InChI=1S/C16H13ClO4/c1-9-2-3-10(7-14(9)17)13(16(20)21)6-11-4-5-12(18)8-15(11)19/h2-8,18-19H,1H3,(H,20,21)/b13-6-. The number of phenols is 2. The number of hydrogen-bond acceptors (Lipinski definition) is 3. The van der Waals surface area contributed by atoms with E-state index in [4.69, 9.17) is 11.6 Å². The second-order valence-corrected chi connectivity index (χ2v) is 4.98. The summed E-state index contributed by atoms with van der Waals surface area (Å²) in [6.07, 6.45) is 1.33. The zero-order chi connectivity index (χ0) is 15.6. The fourth-order valence-electron chi connectivity index (χ4n) is 1.84. The van der Waals surface area contributed by atoms with Gasteiger partial charge >= 0.3 is 5.97 Å². The third-order valence-corrected chi connectivity index (χ3v) is 3.43. The minimum Gasteiger partial charge on any atom is -0.508 e. The quantitative estimate of drug-likeness (QED) is 0.597. The van der Waals surface area contributed by atoms with Gasteiger partial charge in [-0.25, -0.2) is 4.79 Å². The van der Waals surface area contributed by atoms with Gasteiger partial charge in [0.1, 0.15) is 11.5 Å². The lowest BCUT2D eigenvalue weighted by molar-refractivity contribution is -0.130. The van der Waals surface area contributed by atoms with Crippen LogP contribution in [0.1, 0.15) is 16.7 Å². The van der Waals surface area contributed by atoms with Gasteiger partial charge in [-0.2, -0.15) is 0 Å². The Kier molecular flexibility index (Phi) is 4.19. The molecule has 0 unspecified atom stereocenters. The van der Waals surface area contributed by atoms with Crippen LogP contribution in [0.15, 0.2) is 36.4 Å². The molecule has 4 nitrogen and oxygen atoms in total. The molecule has 0 radical (unpaired) electrons. The van der Waals surface area contributed by atoms with E-state index >= 15 is 0 Å². The van der Waals surface area contributed by atoms with Crippen LogP contribution in [0.4, 0.5) is 0 Å². The molecule has 5 heteroatoms. The number of carboxylic acids is 1. The van der Waals surface area contributed by atoms with E-state index in [1.165, 1.54) is 18.2 Å². The number of carbonyl (C=O) groups is 1. The van der Waals surface area contributed by atoms with Crippen LogP contribution < -0.4 is 0 Å². The van der Waals surface area contributed by atoms with Gasteiger partial charge in [0, 0.05) is 16.7 Å². The largest absolute Gasteiger partial charge is 0.508 e. The van der Waals surface area contributed by atoms with Crippen molar-refractivity contribution in [2.45, 2.75) is 6.92 Å². The first kappa shape index (κ1) is 14.9. The van der Waals surface area contributed by atoms with Crippen molar-refractivity contribution in [2.24, 2.45) is 0 Å². The second kappa shape index (κ2) is 5.89. The van der Waals surface area contributed by atoms with Crippen LogP contribution in [-0.4, -0.2) is 21.3 Å². The molecule has 0 aromatic heterocycles. The van der Waals surface area contributed by atoms with Gasteiger partial charge in [-0.15, -0.1) is 0 Å². The molecule has 0 bridgehead atoms. The van der Waals surface area contributed by atoms with Crippen molar-refractivity contribution < 1.29 is 20.1 Å². The Hall–Kier alpha value is -2.46. The number of aliphatic carboxylic acids is 1. The van der Waals surface area contributed by atoms with E-state index in [1.54, 1.807) is 18.2 Å². The molecule has 0 saturated heterocycles. The Morgan fingerprint density at radius 2 is 1.86 bits per heavy atom. The van der Waals surface area contributed by atoms with Crippen LogP contribution in [-0.2, 0) is 4.79 Å². The fourth-order valence-corrected chi connectivity index (χ4v) is 2.02. The fraction of sp³-hybridized carbons (Fsp3) is 0.0625. The molecule has 0 aliphatic carbocycles.